The Morgan fingerprint density at radius 2 is 1.96 bits per heavy atom. The van der Waals surface area contributed by atoms with Crippen molar-refractivity contribution in [3.05, 3.63) is 48.0 Å². The lowest BCUT2D eigenvalue weighted by atomic mass is 10.0. The number of amides is 1. The van der Waals surface area contributed by atoms with E-state index < -0.39 is 18.5 Å². The molecule has 2 aromatic carbocycles. The highest BCUT2D eigenvalue weighted by Crippen LogP contribution is 2.40. The molecule has 0 saturated heterocycles. The predicted molar refractivity (Wildman–Crippen MR) is 90.0 cm³/mol. The quantitative estimate of drug-likeness (QED) is 0.833. The third-order valence-corrected chi connectivity index (χ3v) is 4.09. The second-order valence-corrected chi connectivity index (χ2v) is 5.99. The van der Waals surface area contributed by atoms with Crippen molar-refractivity contribution < 1.29 is 27.4 Å². The number of rotatable bonds is 3. The maximum absolute atomic E-state index is 12.7. The van der Waals surface area contributed by atoms with E-state index in [-0.39, 0.29) is 11.7 Å². The van der Waals surface area contributed by atoms with Gasteiger partial charge in [-0.25, -0.2) is 0 Å². The Hall–Kier alpha value is -2.90. The van der Waals surface area contributed by atoms with E-state index in [4.69, 9.17) is 10.5 Å². The lowest BCUT2D eigenvalue weighted by Crippen LogP contribution is -2.45. The third-order valence-electron chi connectivity index (χ3n) is 4.09. The number of nitrogens with zero attached hydrogens (tertiary/aromatic N) is 1. The van der Waals surface area contributed by atoms with Crippen molar-refractivity contribution >= 4 is 17.3 Å². The van der Waals surface area contributed by atoms with Gasteiger partial charge in [-0.1, -0.05) is 12.1 Å². The number of carbonyl (C=O) groups excluding carboxylic acids is 1. The minimum absolute atomic E-state index is 0.295. The minimum atomic E-state index is -4.78. The molecule has 2 aromatic rings. The normalized spacial score (nSPS) is 18.1. The molecule has 138 valence electrons. The fourth-order valence-corrected chi connectivity index (χ4v) is 2.90. The smallest absolute Gasteiger partial charge is 0.479 e. The first-order chi connectivity index (χ1) is 12.2. The van der Waals surface area contributed by atoms with Crippen LogP contribution in [0.1, 0.15) is 25.5 Å². The maximum atomic E-state index is 12.7. The van der Waals surface area contributed by atoms with E-state index in [1.54, 1.807) is 38.1 Å². The molecule has 3 rings (SSSR count). The first-order valence-electron chi connectivity index (χ1n) is 7.90. The summed E-state index contributed by atoms with van der Waals surface area (Å²) in [6.07, 6.45) is -5.52. The zero-order chi connectivity index (χ0) is 19.1. The third kappa shape index (κ3) is 3.54. The number of anilines is 2. The van der Waals surface area contributed by atoms with Crippen molar-refractivity contribution in [1.82, 2.24) is 0 Å². The number of hydrogen-bond donors (Lipinski definition) is 1. The van der Waals surface area contributed by atoms with E-state index in [2.05, 4.69) is 4.74 Å². The maximum Gasteiger partial charge on any atom is 0.573 e. The zero-order valence-electron chi connectivity index (χ0n) is 14.1. The van der Waals surface area contributed by atoms with Gasteiger partial charge in [0, 0.05) is 11.8 Å². The summed E-state index contributed by atoms with van der Waals surface area (Å²) in [5, 5.41) is 0. The Kier molecular flexibility index (Phi) is 4.43. The molecule has 0 aromatic heterocycles. The van der Waals surface area contributed by atoms with E-state index in [9.17, 15) is 18.0 Å². The molecular weight excluding hydrogens is 349 g/mol. The number of halogens is 3. The molecule has 5 nitrogen and oxygen atoms in total. The second kappa shape index (κ2) is 6.44. The molecule has 0 bridgehead atoms. The number of nitrogens with two attached hydrogens (primary N) is 1. The van der Waals surface area contributed by atoms with Gasteiger partial charge < -0.3 is 15.2 Å². The van der Waals surface area contributed by atoms with Crippen molar-refractivity contribution in [3.63, 3.8) is 0 Å². The molecule has 1 aliphatic rings. The molecule has 8 heteroatoms. The lowest BCUT2D eigenvalue weighted by molar-refractivity contribution is -0.274. The van der Waals surface area contributed by atoms with Gasteiger partial charge in [0.2, 0.25) is 0 Å². The summed E-state index contributed by atoms with van der Waals surface area (Å²) in [5.74, 6) is -0.184. The summed E-state index contributed by atoms with van der Waals surface area (Å²) in [4.78, 5) is 14.2. The van der Waals surface area contributed by atoms with Crippen LogP contribution in [0.25, 0.3) is 0 Å². The van der Waals surface area contributed by atoms with Crippen LogP contribution in [-0.2, 0) is 4.79 Å². The molecule has 0 saturated carbocycles. The molecule has 2 atom stereocenters. The van der Waals surface area contributed by atoms with E-state index in [1.807, 2.05) is 0 Å². The fourth-order valence-electron chi connectivity index (χ4n) is 2.90. The Labute approximate surface area is 148 Å². The Balaban J connectivity index is 1.98. The Bertz CT molecular complexity index is 839. The van der Waals surface area contributed by atoms with Crippen LogP contribution in [0.2, 0.25) is 0 Å². The van der Waals surface area contributed by atoms with Crippen molar-refractivity contribution in [2.24, 2.45) is 0 Å². The average Bonchev–Trinajstić information content (AvgIpc) is 2.54. The summed E-state index contributed by atoms with van der Waals surface area (Å²) in [7, 11) is 0. The Morgan fingerprint density at radius 3 is 2.65 bits per heavy atom. The number of benzene rings is 2. The van der Waals surface area contributed by atoms with Crippen LogP contribution >= 0.6 is 0 Å². The van der Waals surface area contributed by atoms with Gasteiger partial charge in [-0.3, -0.25) is 9.69 Å². The SMILES string of the molecule is C[C@H]1Oc2cc(N)ccc2N([C@@H](C)c2cccc(OC(F)(F)F)c2)C1=O. The summed E-state index contributed by atoms with van der Waals surface area (Å²) in [6.45, 7) is 3.33. The van der Waals surface area contributed by atoms with E-state index in [0.29, 0.717) is 22.7 Å². The number of carbonyl (C=O) groups is 1. The van der Waals surface area contributed by atoms with Gasteiger partial charge in [0.15, 0.2) is 6.10 Å². The van der Waals surface area contributed by atoms with Crippen LogP contribution < -0.4 is 20.1 Å². The van der Waals surface area contributed by atoms with Gasteiger partial charge in [0.05, 0.1) is 11.7 Å². The summed E-state index contributed by atoms with van der Waals surface area (Å²) < 4.78 is 46.9. The molecule has 0 fully saturated rings. The minimum Gasteiger partial charge on any atom is -0.479 e. The average molecular weight is 366 g/mol. The van der Waals surface area contributed by atoms with E-state index in [1.165, 1.54) is 23.1 Å². The number of fused-ring (bicyclic) bond motifs is 1. The number of alkyl halides is 3. The number of hydrogen-bond acceptors (Lipinski definition) is 4. The highest BCUT2D eigenvalue weighted by Gasteiger charge is 2.36. The van der Waals surface area contributed by atoms with Gasteiger partial charge in [-0.15, -0.1) is 13.2 Å². The van der Waals surface area contributed by atoms with E-state index in [0.717, 1.165) is 0 Å². The molecule has 1 aliphatic heterocycles. The largest absolute Gasteiger partial charge is 0.573 e. The van der Waals surface area contributed by atoms with Gasteiger partial charge in [-0.05, 0) is 43.7 Å². The molecule has 0 radical (unpaired) electrons. The highest BCUT2D eigenvalue weighted by molar-refractivity contribution is 6.00. The van der Waals surface area contributed by atoms with E-state index >= 15 is 0 Å². The first-order valence-corrected chi connectivity index (χ1v) is 7.90. The van der Waals surface area contributed by atoms with Crippen LogP contribution in [0.15, 0.2) is 42.5 Å². The predicted octanol–water partition coefficient (Wildman–Crippen LogP) is 4.04. The summed E-state index contributed by atoms with van der Waals surface area (Å²) in [6, 6.07) is 9.93. The van der Waals surface area contributed by atoms with Crippen LogP contribution in [0.4, 0.5) is 24.5 Å². The summed E-state index contributed by atoms with van der Waals surface area (Å²) >= 11 is 0. The van der Waals surface area contributed by atoms with Crippen LogP contribution in [-0.4, -0.2) is 18.4 Å². The molecule has 1 heterocycles. The summed E-state index contributed by atoms with van der Waals surface area (Å²) in [5.41, 5.74) is 7.26. The second-order valence-electron chi connectivity index (χ2n) is 5.99. The van der Waals surface area contributed by atoms with Crippen molar-refractivity contribution in [2.45, 2.75) is 32.4 Å². The van der Waals surface area contributed by atoms with Crippen molar-refractivity contribution in [1.29, 1.82) is 0 Å². The molecular formula is C18H17F3N2O3. The number of ether oxygens (including phenoxy) is 2. The zero-order valence-corrected chi connectivity index (χ0v) is 14.1. The van der Waals surface area contributed by atoms with Gasteiger partial charge in [-0.2, -0.15) is 0 Å². The lowest BCUT2D eigenvalue weighted by Gasteiger charge is -2.37. The van der Waals surface area contributed by atoms with Crippen molar-refractivity contribution in [3.8, 4) is 11.5 Å². The highest BCUT2D eigenvalue weighted by atomic mass is 19.4. The van der Waals surface area contributed by atoms with Crippen LogP contribution in [0.5, 0.6) is 11.5 Å². The molecule has 0 unspecified atom stereocenters. The van der Waals surface area contributed by atoms with Gasteiger partial charge >= 0.3 is 6.36 Å². The first kappa shape index (κ1) is 17.9. The van der Waals surface area contributed by atoms with Crippen LogP contribution in [0.3, 0.4) is 0 Å². The van der Waals surface area contributed by atoms with Gasteiger partial charge in [0.1, 0.15) is 11.5 Å². The number of nitrogen functional groups attached to an aromatic ring is 1. The monoisotopic (exact) mass is 366 g/mol. The molecule has 0 spiro atoms. The van der Waals surface area contributed by atoms with Crippen molar-refractivity contribution in [2.75, 3.05) is 10.6 Å². The Morgan fingerprint density at radius 1 is 1.23 bits per heavy atom. The fraction of sp³-hybridized carbons (Fsp3) is 0.278. The molecule has 2 N–H and O–H groups in total. The molecule has 0 aliphatic carbocycles. The topological polar surface area (TPSA) is 64.8 Å². The van der Waals surface area contributed by atoms with Crippen LogP contribution in [0, 0.1) is 0 Å². The standard InChI is InChI=1S/C18H17F3N2O3/c1-10(12-4-3-5-14(8-12)26-18(19,20)21)23-15-7-6-13(22)9-16(15)25-11(2)17(23)24/h3-11H,22H2,1-2H3/t10-,11+/m0/s1. The van der Waals surface area contributed by atoms with Gasteiger partial charge in [0.25, 0.3) is 5.91 Å². The molecule has 1 amide bonds. The molecule has 26 heavy (non-hydrogen) atoms.